The highest BCUT2D eigenvalue weighted by molar-refractivity contribution is 6.32. The fourth-order valence-electron chi connectivity index (χ4n) is 1.61. The summed E-state index contributed by atoms with van der Waals surface area (Å²) in [7, 11) is 0. The molecular weight excluding hydrogens is 290 g/mol. The van der Waals surface area contributed by atoms with Gasteiger partial charge in [0, 0.05) is 18.0 Å². The highest BCUT2D eigenvalue weighted by atomic mass is 35.5. The van der Waals surface area contributed by atoms with E-state index in [-0.39, 0.29) is 6.61 Å². The second kappa shape index (κ2) is 7.45. The fourth-order valence-corrected chi connectivity index (χ4v) is 1.84. The van der Waals surface area contributed by atoms with Gasteiger partial charge in [0.25, 0.3) is 0 Å². The van der Waals surface area contributed by atoms with Crippen LogP contribution in [0.4, 0.5) is 0 Å². The summed E-state index contributed by atoms with van der Waals surface area (Å²) in [5, 5.41) is 0.354. The van der Waals surface area contributed by atoms with Gasteiger partial charge in [-0.25, -0.2) is 4.79 Å². The van der Waals surface area contributed by atoms with Crippen LogP contribution in [0.15, 0.2) is 55.4 Å². The van der Waals surface area contributed by atoms with Gasteiger partial charge in [0.2, 0.25) is 0 Å². The number of benzene rings is 1. The van der Waals surface area contributed by atoms with Gasteiger partial charge in [-0.3, -0.25) is 4.98 Å². The van der Waals surface area contributed by atoms with E-state index in [1.807, 2.05) is 12.1 Å². The molecular formula is C16H14ClNO3. The van der Waals surface area contributed by atoms with Crippen LogP contribution in [-0.2, 0) is 11.3 Å². The molecule has 0 aliphatic heterocycles. The molecule has 0 unspecified atom stereocenters. The third-order valence-corrected chi connectivity index (χ3v) is 2.91. The first kappa shape index (κ1) is 15.1. The monoisotopic (exact) mass is 303 g/mol. The molecule has 1 heterocycles. The zero-order chi connectivity index (χ0) is 15.1. The highest BCUT2D eigenvalue weighted by Crippen LogP contribution is 2.26. The predicted molar refractivity (Wildman–Crippen MR) is 80.5 cm³/mol. The summed E-state index contributed by atoms with van der Waals surface area (Å²) >= 11 is 6.11. The number of ether oxygens (including phenoxy) is 2. The summed E-state index contributed by atoms with van der Waals surface area (Å²) in [4.78, 5) is 15.7. The van der Waals surface area contributed by atoms with Crippen LogP contribution in [0, 0.1) is 0 Å². The van der Waals surface area contributed by atoms with Gasteiger partial charge in [0.15, 0.2) is 0 Å². The van der Waals surface area contributed by atoms with Crippen molar-refractivity contribution in [3.05, 3.63) is 71.5 Å². The Labute approximate surface area is 128 Å². The average Bonchev–Trinajstić information content (AvgIpc) is 2.52. The normalized spacial score (nSPS) is 9.95. The third-order valence-electron chi connectivity index (χ3n) is 2.62. The molecule has 0 N–H and O–H groups in total. The molecule has 0 spiro atoms. The Morgan fingerprint density at radius 2 is 2.24 bits per heavy atom. The highest BCUT2D eigenvalue weighted by Gasteiger charge is 2.10. The van der Waals surface area contributed by atoms with Crippen molar-refractivity contribution >= 4 is 17.6 Å². The first-order valence-corrected chi connectivity index (χ1v) is 6.68. The average molecular weight is 304 g/mol. The maximum Gasteiger partial charge on any atom is 0.338 e. The third kappa shape index (κ3) is 4.33. The number of rotatable bonds is 6. The Balaban J connectivity index is 2.02. The van der Waals surface area contributed by atoms with Crippen molar-refractivity contribution in [1.82, 2.24) is 4.98 Å². The van der Waals surface area contributed by atoms with Crippen molar-refractivity contribution in [3.8, 4) is 5.75 Å². The molecule has 0 saturated heterocycles. The van der Waals surface area contributed by atoms with Gasteiger partial charge in [-0.1, -0.05) is 30.3 Å². The van der Waals surface area contributed by atoms with Crippen molar-refractivity contribution in [2.45, 2.75) is 6.61 Å². The van der Waals surface area contributed by atoms with Crippen LogP contribution in [0.2, 0.25) is 5.02 Å². The molecule has 4 nitrogen and oxygen atoms in total. The Morgan fingerprint density at radius 3 is 2.90 bits per heavy atom. The second-order valence-corrected chi connectivity index (χ2v) is 4.59. The van der Waals surface area contributed by atoms with E-state index in [1.165, 1.54) is 12.1 Å². The molecule has 108 valence electrons. The molecule has 5 heteroatoms. The van der Waals surface area contributed by atoms with Gasteiger partial charge >= 0.3 is 5.97 Å². The molecule has 0 saturated carbocycles. The van der Waals surface area contributed by atoms with E-state index in [0.717, 1.165) is 5.56 Å². The first-order valence-electron chi connectivity index (χ1n) is 6.30. The molecule has 0 bridgehead atoms. The summed E-state index contributed by atoms with van der Waals surface area (Å²) < 4.78 is 10.5. The lowest BCUT2D eigenvalue weighted by Gasteiger charge is -2.09. The van der Waals surface area contributed by atoms with E-state index in [1.54, 1.807) is 24.5 Å². The number of pyridine rings is 1. The van der Waals surface area contributed by atoms with Crippen LogP contribution < -0.4 is 4.74 Å². The summed E-state index contributed by atoms with van der Waals surface area (Å²) in [6.45, 7) is 4.00. The molecule has 2 aromatic rings. The maximum absolute atomic E-state index is 11.7. The predicted octanol–water partition coefficient (Wildman–Crippen LogP) is 3.66. The Hall–Kier alpha value is -2.33. The minimum absolute atomic E-state index is 0.162. The lowest BCUT2D eigenvalue weighted by Crippen LogP contribution is -2.05. The molecule has 0 fully saturated rings. The minimum atomic E-state index is -0.449. The van der Waals surface area contributed by atoms with Crippen LogP contribution in [0.3, 0.4) is 0 Å². The van der Waals surface area contributed by atoms with E-state index in [0.29, 0.717) is 22.9 Å². The molecule has 0 atom stereocenters. The van der Waals surface area contributed by atoms with Crippen LogP contribution in [-0.4, -0.2) is 17.6 Å². The Kier molecular flexibility index (Phi) is 5.35. The van der Waals surface area contributed by atoms with E-state index in [4.69, 9.17) is 21.1 Å². The van der Waals surface area contributed by atoms with Crippen molar-refractivity contribution in [1.29, 1.82) is 0 Å². The zero-order valence-corrected chi connectivity index (χ0v) is 12.0. The maximum atomic E-state index is 11.7. The molecule has 0 amide bonds. The van der Waals surface area contributed by atoms with Crippen molar-refractivity contribution in [2.75, 3.05) is 6.61 Å². The minimum Gasteiger partial charge on any atom is -0.487 e. The van der Waals surface area contributed by atoms with E-state index in [9.17, 15) is 4.79 Å². The lowest BCUT2D eigenvalue weighted by atomic mass is 10.2. The molecule has 0 aliphatic rings. The van der Waals surface area contributed by atoms with E-state index in [2.05, 4.69) is 11.6 Å². The standard InChI is InChI=1S/C16H14ClNO3/c1-2-8-20-16(19)13-5-6-15(14(17)9-13)21-11-12-4-3-7-18-10-12/h2-7,9-10H,1,8,11H2. The van der Waals surface area contributed by atoms with Crippen molar-refractivity contribution in [3.63, 3.8) is 0 Å². The topological polar surface area (TPSA) is 48.4 Å². The first-order chi connectivity index (χ1) is 10.2. The SMILES string of the molecule is C=CCOC(=O)c1ccc(OCc2cccnc2)c(Cl)c1. The van der Waals surface area contributed by atoms with Gasteiger partial charge in [0.05, 0.1) is 10.6 Å². The second-order valence-electron chi connectivity index (χ2n) is 4.18. The van der Waals surface area contributed by atoms with Crippen LogP contribution in [0.25, 0.3) is 0 Å². The van der Waals surface area contributed by atoms with Gasteiger partial charge in [-0.2, -0.15) is 0 Å². The van der Waals surface area contributed by atoms with Crippen molar-refractivity contribution in [2.24, 2.45) is 0 Å². The fraction of sp³-hybridized carbons (Fsp3) is 0.125. The van der Waals surface area contributed by atoms with Crippen molar-refractivity contribution < 1.29 is 14.3 Å². The molecule has 2 rings (SSSR count). The number of hydrogen-bond donors (Lipinski definition) is 0. The van der Waals surface area contributed by atoms with Gasteiger partial charge in [0.1, 0.15) is 19.0 Å². The summed E-state index contributed by atoms with van der Waals surface area (Å²) in [5.74, 6) is 0.0522. The largest absolute Gasteiger partial charge is 0.487 e. The van der Waals surface area contributed by atoms with Gasteiger partial charge < -0.3 is 9.47 Å². The molecule has 21 heavy (non-hydrogen) atoms. The molecule has 1 aromatic heterocycles. The number of hydrogen-bond acceptors (Lipinski definition) is 4. The molecule has 0 aliphatic carbocycles. The Morgan fingerprint density at radius 1 is 1.38 bits per heavy atom. The van der Waals surface area contributed by atoms with Crippen LogP contribution in [0.1, 0.15) is 15.9 Å². The van der Waals surface area contributed by atoms with E-state index < -0.39 is 5.97 Å². The Bertz CT molecular complexity index is 629. The zero-order valence-electron chi connectivity index (χ0n) is 11.3. The number of halogens is 1. The number of carbonyl (C=O) groups excluding carboxylic acids is 1. The van der Waals surface area contributed by atoms with Crippen LogP contribution >= 0.6 is 11.6 Å². The number of carbonyl (C=O) groups is 1. The quantitative estimate of drug-likeness (QED) is 0.603. The lowest BCUT2D eigenvalue weighted by molar-refractivity contribution is 0.0549. The number of aromatic nitrogens is 1. The van der Waals surface area contributed by atoms with Crippen LogP contribution in [0.5, 0.6) is 5.75 Å². The summed E-state index contributed by atoms with van der Waals surface area (Å²) in [6, 6.07) is 8.51. The number of nitrogens with zero attached hydrogens (tertiary/aromatic N) is 1. The van der Waals surface area contributed by atoms with Gasteiger partial charge in [-0.05, 0) is 24.3 Å². The van der Waals surface area contributed by atoms with Gasteiger partial charge in [-0.15, -0.1) is 0 Å². The molecule has 1 aromatic carbocycles. The molecule has 0 radical (unpaired) electrons. The summed E-state index contributed by atoms with van der Waals surface area (Å²) in [6.07, 6.45) is 4.92. The van der Waals surface area contributed by atoms with E-state index >= 15 is 0 Å². The summed E-state index contributed by atoms with van der Waals surface area (Å²) in [5.41, 5.74) is 1.30. The smallest absolute Gasteiger partial charge is 0.338 e. The number of esters is 1.